The van der Waals surface area contributed by atoms with Gasteiger partial charge in [-0.1, -0.05) is 24.3 Å². The number of esters is 1. The number of rotatable bonds is 12. The van der Waals surface area contributed by atoms with Gasteiger partial charge in [-0.15, -0.1) is 0 Å². The molecular weight excluding hydrogens is 432 g/mol. The van der Waals surface area contributed by atoms with Crippen LogP contribution in [0, 0.1) is 0 Å². The minimum Gasteiger partial charge on any atom is -0.508 e. The van der Waals surface area contributed by atoms with E-state index in [1.165, 1.54) is 24.3 Å². The smallest absolute Gasteiger partial charge is 0.340 e. The van der Waals surface area contributed by atoms with Crippen molar-refractivity contribution in [1.29, 1.82) is 0 Å². The Bertz CT molecular complexity index is 906. The molecule has 10 nitrogen and oxygen atoms in total. The first kappa shape index (κ1) is 26.2. The van der Waals surface area contributed by atoms with Crippen molar-refractivity contribution in [1.82, 2.24) is 5.32 Å². The highest BCUT2D eigenvalue weighted by Crippen LogP contribution is 2.19. The number of nitrogens with one attached hydrogen (secondary N) is 2. The number of likely N-dealkylation sites (N-methyl/N-ethyl adjacent to an activating group) is 1. The van der Waals surface area contributed by atoms with Crippen LogP contribution in [0.3, 0.4) is 0 Å². The fourth-order valence-electron chi connectivity index (χ4n) is 3.09. The lowest BCUT2D eigenvalue weighted by Gasteiger charge is -2.28. The summed E-state index contributed by atoms with van der Waals surface area (Å²) in [6.45, 7) is -0.819. The summed E-state index contributed by atoms with van der Waals surface area (Å²) in [7, 11) is 1.55. The number of amides is 1. The molecule has 0 aliphatic carbocycles. The molecule has 180 valence electrons. The largest absolute Gasteiger partial charge is 0.508 e. The van der Waals surface area contributed by atoms with Gasteiger partial charge in [0.05, 0.1) is 17.9 Å². The molecule has 4 atom stereocenters. The summed E-state index contributed by atoms with van der Waals surface area (Å²) in [6, 6.07) is 12.7. The Morgan fingerprint density at radius 3 is 2.30 bits per heavy atom. The lowest BCUT2D eigenvalue weighted by molar-refractivity contribution is -0.116. The van der Waals surface area contributed by atoms with Gasteiger partial charge >= 0.3 is 5.97 Å². The van der Waals surface area contributed by atoms with E-state index in [2.05, 4.69) is 10.6 Å². The van der Waals surface area contributed by atoms with Crippen LogP contribution in [0.15, 0.2) is 48.5 Å². The standard InChI is InChI=1S/C23H30N2O8/c1-24-12-19(22(31)21(30)18(28)13-26)33-23(32)16-4-2-3-5-17(16)25-20(29)11-8-14-6-9-15(27)10-7-14/h2-7,9-10,18-19,21-22,24,26-28,30-31H,8,11-13H2,1H3,(H,25,29)/t18-,19+,21-,22-/m1/s1. The Labute approximate surface area is 191 Å². The fourth-order valence-corrected chi connectivity index (χ4v) is 3.09. The van der Waals surface area contributed by atoms with Gasteiger partial charge in [0, 0.05) is 13.0 Å². The average molecular weight is 462 g/mol. The SMILES string of the molecule is CNC[C@H](OC(=O)c1ccccc1NC(=O)CCc1ccc(O)cc1)[C@@H](O)[C@H](O)[C@H](O)CO. The molecule has 0 aromatic heterocycles. The van der Waals surface area contributed by atoms with Crippen molar-refractivity contribution in [2.45, 2.75) is 37.3 Å². The van der Waals surface area contributed by atoms with Crippen molar-refractivity contribution in [3.05, 3.63) is 59.7 Å². The van der Waals surface area contributed by atoms with Crippen LogP contribution in [-0.4, -0.2) is 82.0 Å². The van der Waals surface area contributed by atoms with Crippen LogP contribution in [0.25, 0.3) is 0 Å². The minimum absolute atomic E-state index is 0.0384. The molecule has 2 aromatic rings. The number of carbonyl (C=O) groups excluding carboxylic acids is 2. The number of anilines is 1. The number of hydrogen-bond acceptors (Lipinski definition) is 9. The van der Waals surface area contributed by atoms with Gasteiger partial charge in [0.2, 0.25) is 5.91 Å². The van der Waals surface area contributed by atoms with Crippen molar-refractivity contribution in [3.8, 4) is 5.75 Å². The molecular formula is C23H30N2O8. The summed E-state index contributed by atoms with van der Waals surface area (Å²) in [5.74, 6) is -1.05. The van der Waals surface area contributed by atoms with E-state index >= 15 is 0 Å². The number of phenols is 1. The molecule has 0 saturated heterocycles. The summed E-state index contributed by atoms with van der Waals surface area (Å²) in [5.41, 5.74) is 1.12. The Morgan fingerprint density at radius 1 is 1.00 bits per heavy atom. The third-order valence-corrected chi connectivity index (χ3v) is 4.97. The lowest BCUT2D eigenvalue weighted by atomic mass is 10.0. The normalized spacial score (nSPS) is 14.7. The predicted octanol–water partition coefficient (Wildman–Crippen LogP) is -0.217. The minimum atomic E-state index is -1.74. The highest BCUT2D eigenvalue weighted by Gasteiger charge is 2.33. The second kappa shape index (κ2) is 12.9. The first-order valence-corrected chi connectivity index (χ1v) is 10.4. The number of aliphatic hydroxyl groups excluding tert-OH is 4. The number of hydrogen-bond donors (Lipinski definition) is 7. The van der Waals surface area contributed by atoms with E-state index in [4.69, 9.17) is 9.84 Å². The van der Waals surface area contributed by atoms with E-state index in [9.17, 15) is 30.0 Å². The van der Waals surface area contributed by atoms with Gasteiger partial charge in [0.1, 0.15) is 30.2 Å². The topological polar surface area (TPSA) is 169 Å². The zero-order valence-corrected chi connectivity index (χ0v) is 18.2. The van der Waals surface area contributed by atoms with E-state index in [-0.39, 0.29) is 35.9 Å². The predicted molar refractivity (Wildman–Crippen MR) is 120 cm³/mol. The number of aromatic hydroxyl groups is 1. The summed E-state index contributed by atoms with van der Waals surface area (Å²) in [5, 5.41) is 53.5. The number of carbonyl (C=O) groups is 2. The summed E-state index contributed by atoms with van der Waals surface area (Å²) in [6.07, 6.45) is -5.69. The van der Waals surface area contributed by atoms with E-state index < -0.39 is 37.0 Å². The molecule has 0 aliphatic heterocycles. The quantitative estimate of drug-likeness (QED) is 0.211. The molecule has 33 heavy (non-hydrogen) atoms. The van der Waals surface area contributed by atoms with Gasteiger partial charge in [-0.2, -0.15) is 0 Å². The van der Waals surface area contributed by atoms with Crippen LogP contribution < -0.4 is 10.6 Å². The Balaban J connectivity index is 2.06. The Hall–Kier alpha value is -3.02. The molecule has 7 N–H and O–H groups in total. The van der Waals surface area contributed by atoms with Crippen molar-refractivity contribution in [2.24, 2.45) is 0 Å². The second-order valence-corrected chi connectivity index (χ2v) is 7.49. The molecule has 1 amide bonds. The highest BCUT2D eigenvalue weighted by atomic mass is 16.6. The molecule has 0 saturated carbocycles. The van der Waals surface area contributed by atoms with E-state index in [0.29, 0.717) is 6.42 Å². The van der Waals surface area contributed by atoms with Crippen molar-refractivity contribution in [3.63, 3.8) is 0 Å². The summed E-state index contributed by atoms with van der Waals surface area (Å²) < 4.78 is 5.34. The second-order valence-electron chi connectivity index (χ2n) is 7.49. The van der Waals surface area contributed by atoms with Crippen LogP contribution in [0.5, 0.6) is 5.75 Å². The molecule has 2 aromatic carbocycles. The van der Waals surface area contributed by atoms with Gasteiger partial charge in [-0.05, 0) is 43.3 Å². The molecule has 0 unspecified atom stereocenters. The van der Waals surface area contributed by atoms with Crippen LogP contribution in [0.2, 0.25) is 0 Å². The summed E-state index contributed by atoms with van der Waals surface area (Å²) >= 11 is 0. The molecule has 0 aliphatic rings. The number of para-hydroxylation sites is 1. The lowest BCUT2D eigenvalue weighted by Crippen LogP contribution is -2.50. The number of phenolic OH excluding ortho intramolecular Hbond substituents is 1. The van der Waals surface area contributed by atoms with Crippen LogP contribution in [0.1, 0.15) is 22.3 Å². The van der Waals surface area contributed by atoms with Crippen LogP contribution in [-0.2, 0) is 16.0 Å². The van der Waals surface area contributed by atoms with Crippen LogP contribution >= 0.6 is 0 Å². The first-order chi connectivity index (χ1) is 15.8. The third kappa shape index (κ3) is 7.81. The number of ether oxygens (including phenoxy) is 1. The zero-order valence-electron chi connectivity index (χ0n) is 18.2. The maximum Gasteiger partial charge on any atom is 0.340 e. The molecule has 0 fully saturated rings. The molecule has 0 bridgehead atoms. The van der Waals surface area contributed by atoms with Gasteiger partial charge < -0.3 is 40.9 Å². The maximum atomic E-state index is 12.8. The van der Waals surface area contributed by atoms with Gasteiger partial charge in [0.15, 0.2) is 0 Å². The van der Waals surface area contributed by atoms with Crippen molar-refractivity contribution < 1.29 is 39.9 Å². The highest BCUT2D eigenvalue weighted by molar-refractivity contribution is 6.01. The van der Waals surface area contributed by atoms with Crippen molar-refractivity contribution in [2.75, 3.05) is 25.5 Å². The number of aliphatic hydroxyl groups is 4. The van der Waals surface area contributed by atoms with E-state index in [0.717, 1.165) is 5.56 Å². The fraction of sp³-hybridized carbons (Fsp3) is 0.391. The molecule has 0 radical (unpaired) electrons. The maximum absolute atomic E-state index is 12.8. The molecule has 0 heterocycles. The zero-order chi connectivity index (χ0) is 24.4. The monoisotopic (exact) mass is 462 g/mol. The first-order valence-electron chi connectivity index (χ1n) is 10.4. The molecule has 10 heteroatoms. The number of aryl methyl sites for hydroxylation is 1. The third-order valence-electron chi connectivity index (χ3n) is 4.97. The van der Waals surface area contributed by atoms with Gasteiger partial charge in [-0.25, -0.2) is 4.79 Å². The van der Waals surface area contributed by atoms with Gasteiger partial charge in [-0.3, -0.25) is 4.79 Å². The molecule has 0 spiro atoms. The van der Waals surface area contributed by atoms with E-state index in [1.807, 2.05) is 0 Å². The van der Waals surface area contributed by atoms with Gasteiger partial charge in [0.25, 0.3) is 0 Å². The summed E-state index contributed by atoms with van der Waals surface area (Å²) in [4.78, 5) is 25.2. The van der Waals surface area contributed by atoms with E-state index in [1.54, 1.807) is 31.3 Å². The van der Waals surface area contributed by atoms with Crippen LogP contribution in [0.4, 0.5) is 5.69 Å². The van der Waals surface area contributed by atoms with Crippen molar-refractivity contribution >= 4 is 17.6 Å². The Morgan fingerprint density at radius 2 is 1.67 bits per heavy atom. The average Bonchev–Trinajstić information content (AvgIpc) is 2.82. The Kier molecular flexibility index (Phi) is 10.2. The molecule has 2 rings (SSSR count). The number of benzene rings is 2.